The third kappa shape index (κ3) is 4.76. The van der Waals surface area contributed by atoms with Gasteiger partial charge in [0.2, 0.25) is 0 Å². The van der Waals surface area contributed by atoms with Crippen molar-refractivity contribution in [3.63, 3.8) is 0 Å². The zero-order valence-electron chi connectivity index (χ0n) is 10.9. The highest BCUT2D eigenvalue weighted by atomic mass is 35.5. The van der Waals surface area contributed by atoms with Gasteiger partial charge in [-0.3, -0.25) is 0 Å². The van der Waals surface area contributed by atoms with E-state index in [2.05, 4.69) is 0 Å². The molecule has 1 aromatic carbocycles. The lowest BCUT2D eigenvalue weighted by molar-refractivity contribution is -0.137. The van der Waals surface area contributed by atoms with E-state index >= 15 is 0 Å². The van der Waals surface area contributed by atoms with Crippen LogP contribution in [0, 0.1) is 6.92 Å². The lowest BCUT2D eigenvalue weighted by Crippen LogP contribution is -1.98. The van der Waals surface area contributed by atoms with Crippen LogP contribution in [0.2, 0.25) is 5.02 Å². The molecular formula is C15H17ClO2. The van der Waals surface area contributed by atoms with E-state index in [9.17, 15) is 4.79 Å². The second-order valence-electron chi connectivity index (χ2n) is 3.97. The Morgan fingerprint density at radius 3 is 2.72 bits per heavy atom. The summed E-state index contributed by atoms with van der Waals surface area (Å²) in [5.41, 5.74) is 3.17. The summed E-state index contributed by atoms with van der Waals surface area (Å²) in [4.78, 5) is 11.2. The minimum atomic E-state index is -0.321. The van der Waals surface area contributed by atoms with Crippen LogP contribution < -0.4 is 0 Å². The molecule has 0 saturated heterocycles. The Balaban J connectivity index is 2.79. The molecule has 0 atom stereocenters. The van der Waals surface area contributed by atoms with Gasteiger partial charge in [-0.15, -0.1) is 0 Å². The zero-order chi connectivity index (χ0) is 13.5. The highest BCUT2D eigenvalue weighted by Crippen LogP contribution is 2.18. The lowest BCUT2D eigenvalue weighted by Gasteiger charge is -2.02. The van der Waals surface area contributed by atoms with Gasteiger partial charge in [0.05, 0.1) is 6.61 Å². The van der Waals surface area contributed by atoms with E-state index in [1.54, 1.807) is 13.0 Å². The summed E-state index contributed by atoms with van der Waals surface area (Å²) in [5, 5.41) is 0.726. The van der Waals surface area contributed by atoms with Crippen molar-refractivity contribution in [1.82, 2.24) is 0 Å². The van der Waals surface area contributed by atoms with Crippen LogP contribution >= 0.6 is 11.6 Å². The number of ether oxygens (including phenoxy) is 1. The maximum atomic E-state index is 11.2. The first-order valence-corrected chi connectivity index (χ1v) is 6.20. The summed E-state index contributed by atoms with van der Waals surface area (Å²) in [6.45, 7) is 6.11. The molecule has 0 amide bonds. The molecule has 2 nitrogen and oxygen atoms in total. The van der Waals surface area contributed by atoms with Crippen molar-refractivity contribution in [3.05, 3.63) is 52.1 Å². The Morgan fingerprint density at radius 2 is 2.11 bits per heavy atom. The summed E-state index contributed by atoms with van der Waals surface area (Å²) in [6, 6.07) is 5.72. The molecule has 3 heteroatoms. The smallest absolute Gasteiger partial charge is 0.330 e. The molecule has 1 aromatic rings. The second kappa shape index (κ2) is 7.02. The van der Waals surface area contributed by atoms with Crippen molar-refractivity contribution in [2.75, 3.05) is 6.61 Å². The largest absolute Gasteiger partial charge is 0.463 e. The number of benzene rings is 1. The number of aryl methyl sites for hydroxylation is 1. The molecule has 0 aliphatic carbocycles. The van der Waals surface area contributed by atoms with Crippen molar-refractivity contribution >= 4 is 23.6 Å². The van der Waals surface area contributed by atoms with Gasteiger partial charge in [0.25, 0.3) is 0 Å². The minimum Gasteiger partial charge on any atom is -0.463 e. The van der Waals surface area contributed by atoms with Gasteiger partial charge in [-0.05, 0) is 44.0 Å². The summed E-state index contributed by atoms with van der Waals surface area (Å²) >= 11 is 5.90. The predicted octanol–water partition coefficient (Wildman–Crippen LogP) is 4.17. The van der Waals surface area contributed by atoms with E-state index in [-0.39, 0.29) is 5.97 Å². The molecule has 1 rings (SSSR count). The van der Waals surface area contributed by atoms with E-state index in [0.717, 1.165) is 21.7 Å². The van der Waals surface area contributed by atoms with Crippen LogP contribution in [0.3, 0.4) is 0 Å². The van der Waals surface area contributed by atoms with Gasteiger partial charge >= 0.3 is 5.97 Å². The minimum absolute atomic E-state index is 0.321. The monoisotopic (exact) mass is 264 g/mol. The molecule has 96 valence electrons. The molecule has 0 fully saturated rings. The zero-order valence-corrected chi connectivity index (χ0v) is 11.6. The van der Waals surface area contributed by atoms with Crippen LogP contribution in [0.4, 0.5) is 0 Å². The molecule has 0 aromatic heterocycles. The SMILES string of the molecule is CCOC(=O)/C=C/C(C)=C/c1ccc(Cl)cc1C. The summed E-state index contributed by atoms with van der Waals surface area (Å²) in [6.07, 6.45) is 5.17. The van der Waals surface area contributed by atoms with Crippen molar-refractivity contribution < 1.29 is 9.53 Å². The first kappa shape index (κ1) is 14.5. The van der Waals surface area contributed by atoms with Gasteiger partial charge in [0.15, 0.2) is 0 Å². The number of halogens is 1. The third-order valence-corrected chi connectivity index (χ3v) is 2.62. The Hall–Kier alpha value is -1.54. The predicted molar refractivity (Wildman–Crippen MR) is 75.6 cm³/mol. The Morgan fingerprint density at radius 1 is 1.39 bits per heavy atom. The Labute approximate surface area is 113 Å². The van der Waals surface area contributed by atoms with Crippen molar-refractivity contribution in [1.29, 1.82) is 0 Å². The quantitative estimate of drug-likeness (QED) is 0.463. The van der Waals surface area contributed by atoms with Gasteiger partial charge in [0, 0.05) is 11.1 Å². The second-order valence-corrected chi connectivity index (χ2v) is 4.41. The van der Waals surface area contributed by atoms with Gasteiger partial charge in [-0.25, -0.2) is 4.79 Å². The van der Waals surface area contributed by atoms with E-state index in [0.29, 0.717) is 6.61 Å². The van der Waals surface area contributed by atoms with Crippen LogP contribution in [-0.2, 0) is 9.53 Å². The molecule has 0 aliphatic rings. The number of esters is 1. The maximum absolute atomic E-state index is 11.2. The van der Waals surface area contributed by atoms with E-state index in [1.165, 1.54) is 6.08 Å². The molecule has 0 saturated carbocycles. The standard InChI is InChI=1S/C15H17ClO2/c1-4-18-15(17)8-5-11(2)9-13-6-7-14(16)10-12(13)3/h5-10H,4H2,1-3H3/b8-5+,11-9+. The number of carbonyl (C=O) groups excluding carboxylic acids is 1. The van der Waals surface area contributed by atoms with Crippen LogP contribution in [0.5, 0.6) is 0 Å². The highest BCUT2D eigenvalue weighted by Gasteiger charge is 1.97. The van der Waals surface area contributed by atoms with Crippen molar-refractivity contribution in [2.24, 2.45) is 0 Å². The summed E-state index contributed by atoms with van der Waals surface area (Å²) in [5.74, 6) is -0.321. The van der Waals surface area contributed by atoms with E-state index in [4.69, 9.17) is 16.3 Å². The normalized spacial score (nSPS) is 11.9. The summed E-state index contributed by atoms with van der Waals surface area (Å²) < 4.78 is 4.81. The van der Waals surface area contributed by atoms with Gasteiger partial charge in [0.1, 0.15) is 0 Å². The van der Waals surface area contributed by atoms with Crippen LogP contribution in [0.15, 0.2) is 35.9 Å². The molecule has 0 heterocycles. The molecule has 0 bridgehead atoms. The molecule has 18 heavy (non-hydrogen) atoms. The highest BCUT2D eigenvalue weighted by molar-refractivity contribution is 6.30. The molecule has 0 radical (unpaired) electrons. The number of hydrogen-bond acceptors (Lipinski definition) is 2. The van der Waals surface area contributed by atoms with Crippen LogP contribution in [0.1, 0.15) is 25.0 Å². The number of rotatable bonds is 4. The van der Waals surface area contributed by atoms with Crippen LogP contribution in [0.25, 0.3) is 6.08 Å². The molecular weight excluding hydrogens is 248 g/mol. The van der Waals surface area contributed by atoms with Crippen LogP contribution in [-0.4, -0.2) is 12.6 Å². The molecule has 0 aliphatic heterocycles. The lowest BCUT2D eigenvalue weighted by atomic mass is 10.1. The molecule has 0 spiro atoms. The average Bonchev–Trinajstić information content (AvgIpc) is 2.31. The first-order valence-electron chi connectivity index (χ1n) is 5.82. The van der Waals surface area contributed by atoms with Gasteiger partial charge < -0.3 is 4.74 Å². The van der Waals surface area contributed by atoms with E-state index in [1.807, 2.05) is 38.1 Å². The Bertz CT molecular complexity index is 487. The fraction of sp³-hybridized carbons (Fsp3) is 0.267. The van der Waals surface area contributed by atoms with Gasteiger partial charge in [-0.1, -0.05) is 35.4 Å². The fourth-order valence-electron chi connectivity index (χ4n) is 1.48. The van der Waals surface area contributed by atoms with Gasteiger partial charge in [-0.2, -0.15) is 0 Å². The topological polar surface area (TPSA) is 26.3 Å². The molecule has 0 unspecified atom stereocenters. The first-order chi connectivity index (χ1) is 8.52. The van der Waals surface area contributed by atoms with E-state index < -0.39 is 0 Å². The Kier molecular flexibility index (Phi) is 5.66. The molecule has 0 N–H and O–H groups in total. The number of carbonyl (C=O) groups is 1. The number of allylic oxidation sites excluding steroid dienone is 2. The number of hydrogen-bond donors (Lipinski definition) is 0. The third-order valence-electron chi connectivity index (χ3n) is 2.38. The summed E-state index contributed by atoms with van der Waals surface area (Å²) in [7, 11) is 0. The van der Waals surface area contributed by atoms with Crippen molar-refractivity contribution in [2.45, 2.75) is 20.8 Å². The fourth-order valence-corrected chi connectivity index (χ4v) is 1.71. The maximum Gasteiger partial charge on any atom is 0.330 e. The average molecular weight is 265 g/mol. The van der Waals surface area contributed by atoms with Crippen molar-refractivity contribution in [3.8, 4) is 0 Å².